The largest absolute Gasteiger partial charge is 0.507 e. The molecule has 2 aromatic rings. The zero-order valence-electron chi connectivity index (χ0n) is 13.2. The molecule has 6 nitrogen and oxygen atoms in total. The third-order valence-corrected chi connectivity index (χ3v) is 3.22. The second-order valence-corrected chi connectivity index (χ2v) is 4.75. The van der Waals surface area contributed by atoms with Gasteiger partial charge in [-0.3, -0.25) is 4.98 Å². The van der Waals surface area contributed by atoms with Gasteiger partial charge < -0.3 is 14.7 Å². The van der Waals surface area contributed by atoms with E-state index in [4.69, 9.17) is 0 Å². The number of nitrogens with zero attached hydrogens (tertiary/aromatic N) is 2. The van der Waals surface area contributed by atoms with Crippen LogP contribution in [0.4, 0.5) is 13.2 Å². The number of halogens is 3. The third-order valence-electron chi connectivity index (χ3n) is 3.22. The van der Waals surface area contributed by atoms with Crippen molar-refractivity contribution in [2.24, 2.45) is 5.16 Å². The predicted octanol–water partition coefficient (Wildman–Crippen LogP) is 3.00. The SMILES string of the molecule is CO/N=C(\C(=O)OC)c1cccc(-c2ccc(C(F)(F)F)cn2)c1O. The lowest BCUT2D eigenvalue weighted by atomic mass is 10.0. The molecule has 0 saturated carbocycles. The normalized spacial score (nSPS) is 12.0. The highest BCUT2D eigenvalue weighted by atomic mass is 19.4. The number of phenols is 1. The Morgan fingerprint density at radius 3 is 2.44 bits per heavy atom. The first-order valence-electron chi connectivity index (χ1n) is 6.85. The van der Waals surface area contributed by atoms with E-state index >= 15 is 0 Å². The molecule has 25 heavy (non-hydrogen) atoms. The highest BCUT2D eigenvalue weighted by Gasteiger charge is 2.31. The van der Waals surface area contributed by atoms with Gasteiger partial charge in [-0.1, -0.05) is 11.2 Å². The average molecular weight is 354 g/mol. The number of para-hydroxylation sites is 1. The van der Waals surface area contributed by atoms with Crippen molar-refractivity contribution in [3.05, 3.63) is 47.7 Å². The zero-order chi connectivity index (χ0) is 18.6. The van der Waals surface area contributed by atoms with E-state index in [1.165, 1.54) is 25.3 Å². The molecule has 0 fully saturated rings. The number of carbonyl (C=O) groups excluding carboxylic acids is 1. The number of hydrogen-bond acceptors (Lipinski definition) is 6. The summed E-state index contributed by atoms with van der Waals surface area (Å²) >= 11 is 0. The summed E-state index contributed by atoms with van der Waals surface area (Å²) in [4.78, 5) is 20.1. The topological polar surface area (TPSA) is 81.0 Å². The van der Waals surface area contributed by atoms with E-state index in [1.54, 1.807) is 0 Å². The van der Waals surface area contributed by atoms with E-state index in [1.807, 2.05) is 0 Å². The van der Waals surface area contributed by atoms with E-state index in [2.05, 4.69) is 19.7 Å². The average Bonchev–Trinajstić information content (AvgIpc) is 2.59. The minimum atomic E-state index is -4.52. The van der Waals surface area contributed by atoms with Crippen molar-refractivity contribution in [1.29, 1.82) is 0 Å². The van der Waals surface area contributed by atoms with Crippen molar-refractivity contribution >= 4 is 11.7 Å². The number of esters is 1. The first-order chi connectivity index (χ1) is 11.8. The lowest BCUT2D eigenvalue weighted by Crippen LogP contribution is -2.18. The molecule has 1 aromatic carbocycles. The number of alkyl halides is 3. The van der Waals surface area contributed by atoms with Gasteiger partial charge in [-0.25, -0.2) is 4.79 Å². The minimum Gasteiger partial charge on any atom is -0.507 e. The number of methoxy groups -OCH3 is 1. The lowest BCUT2D eigenvalue weighted by Gasteiger charge is -2.11. The highest BCUT2D eigenvalue weighted by molar-refractivity contribution is 6.43. The second-order valence-electron chi connectivity index (χ2n) is 4.75. The maximum absolute atomic E-state index is 12.6. The van der Waals surface area contributed by atoms with Crippen LogP contribution in [0.3, 0.4) is 0 Å². The third kappa shape index (κ3) is 3.87. The monoisotopic (exact) mass is 354 g/mol. The van der Waals surface area contributed by atoms with Crippen LogP contribution >= 0.6 is 0 Å². The smallest absolute Gasteiger partial charge is 0.417 e. The van der Waals surface area contributed by atoms with E-state index in [0.717, 1.165) is 19.2 Å². The van der Waals surface area contributed by atoms with Gasteiger partial charge in [-0.15, -0.1) is 0 Å². The van der Waals surface area contributed by atoms with Gasteiger partial charge in [0.2, 0.25) is 0 Å². The second kappa shape index (κ2) is 7.20. The minimum absolute atomic E-state index is 0.00658. The number of aromatic hydroxyl groups is 1. The van der Waals surface area contributed by atoms with E-state index in [0.29, 0.717) is 6.20 Å². The van der Waals surface area contributed by atoms with E-state index in [9.17, 15) is 23.1 Å². The number of rotatable bonds is 4. The van der Waals surface area contributed by atoms with Crippen LogP contribution in [0.5, 0.6) is 5.75 Å². The van der Waals surface area contributed by atoms with Crippen LogP contribution in [0.1, 0.15) is 11.1 Å². The van der Waals surface area contributed by atoms with Crippen molar-refractivity contribution in [2.45, 2.75) is 6.18 Å². The molecule has 1 N–H and O–H groups in total. The molecule has 0 aliphatic heterocycles. The van der Waals surface area contributed by atoms with Gasteiger partial charge in [0.1, 0.15) is 12.9 Å². The molecular weight excluding hydrogens is 341 g/mol. The van der Waals surface area contributed by atoms with Crippen LogP contribution in [0, 0.1) is 0 Å². The van der Waals surface area contributed by atoms with Crippen molar-refractivity contribution in [3.8, 4) is 17.0 Å². The molecule has 2 rings (SSSR count). The molecule has 0 bridgehead atoms. The van der Waals surface area contributed by atoms with Crippen LogP contribution in [-0.4, -0.2) is 36.0 Å². The van der Waals surface area contributed by atoms with Crippen LogP contribution in [0.25, 0.3) is 11.3 Å². The Bertz CT molecular complexity index is 802. The predicted molar refractivity (Wildman–Crippen MR) is 81.9 cm³/mol. The summed E-state index contributed by atoms with van der Waals surface area (Å²) < 4.78 is 42.4. The Hall–Kier alpha value is -3.10. The number of hydrogen-bond donors (Lipinski definition) is 1. The van der Waals surface area contributed by atoms with Crippen LogP contribution < -0.4 is 0 Å². The van der Waals surface area contributed by atoms with Gasteiger partial charge in [0.05, 0.1) is 23.9 Å². The van der Waals surface area contributed by atoms with Crippen molar-refractivity contribution in [1.82, 2.24) is 4.98 Å². The molecule has 1 heterocycles. The number of aromatic nitrogens is 1. The fourth-order valence-electron chi connectivity index (χ4n) is 2.05. The fraction of sp³-hybridized carbons (Fsp3) is 0.188. The summed E-state index contributed by atoms with van der Waals surface area (Å²) in [5.74, 6) is -1.24. The van der Waals surface area contributed by atoms with Gasteiger partial charge in [0.15, 0.2) is 5.71 Å². The molecule has 132 valence electrons. The molecular formula is C16H13F3N2O4. The summed E-state index contributed by atoms with van der Waals surface area (Å²) in [6.07, 6.45) is -3.86. The highest BCUT2D eigenvalue weighted by Crippen LogP contribution is 2.34. The first kappa shape index (κ1) is 18.2. The van der Waals surface area contributed by atoms with Crippen molar-refractivity contribution in [2.75, 3.05) is 14.2 Å². The van der Waals surface area contributed by atoms with E-state index < -0.39 is 23.5 Å². The van der Waals surface area contributed by atoms with Crippen LogP contribution in [0.15, 0.2) is 41.7 Å². The quantitative estimate of drug-likeness (QED) is 0.519. The Morgan fingerprint density at radius 1 is 1.20 bits per heavy atom. The molecule has 0 amide bonds. The van der Waals surface area contributed by atoms with Gasteiger partial charge in [-0.2, -0.15) is 13.2 Å². The molecule has 0 saturated heterocycles. The molecule has 0 aliphatic rings. The van der Waals surface area contributed by atoms with Crippen molar-refractivity contribution < 1.29 is 32.6 Å². The Morgan fingerprint density at radius 2 is 1.92 bits per heavy atom. The Labute approximate surface area is 140 Å². The van der Waals surface area contributed by atoms with Crippen LogP contribution in [-0.2, 0) is 20.5 Å². The number of ether oxygens (including phenoxy) is 1. The van der Waals surface area contributed by atoms with Crippen LogP contribution in [0.2, 0.25) is 0 Å². The van der Waals surface area contributed by atoms with Gasteiger partial charge in [0, 0.05) is 11.8 Å². The van der Waals surface area contributed by atoms with E-state index in [-0.39, 0.29) is 22.5 Å². The van der Waals surface area contributed by atoms with Crippen molar-refractivity contribution in [3.63, 3.8) is 0 Å². The standard InChI is InChI=1S/C16H13F3N2O4/c1-24-15(23)13(21-25-2)11-5-3-4-10(14(11)22)12-7-6-9(8-20-12)16(17,18)19/h3-8,22H,1-2H3/b21-13-. The summed E-state index contributed by atoms with van der Waals surface area (Å²) in [5, 5.41) is 13.9. The number of carbonyl (C=O) groups is 1. The fourth-order valence-corrected chi connectivity index (χ4v) is 2.05. The first-order valence-corrected chi connectivity index (χ1v) is 6.85. The number of oxime groups is 1. The number of benzene rings is 1. The Balaban J connectivity index is 2.51. The summed E-state index contributed by atoms with van der Waals surface area (Å²) in [6.45, 7) is 0. The lowest BCUT2D eigenvalue weighted by molar-refractivity contribution is -0.137. The summed E-state index contributed by atoms with van der Waals surface area (Å²) in [7, 11) is 2.34. The molecule has 0 spiro atoms. The summed E-state index contributed by atoms with van der Waals surface area (Å²) in [6, 6.07) is 6.28. The maximum atomic E-state index is 12.6. The molecule has 1 aromatic heterocycles. The zero-order valence-corrected chi connectivity index (χ0v) is 13.2. The maximum Gasteiger partial charge on any atom is 0.417 e. The number of pyridine rings is 1. The molecule has 0 atom stereocenters. The van der Waals surface area contributed by atoms with Gasteiger partial charge >= 0.3 is 12.1 Å². The molecule has 0 unspecified atom stereocenters. The molecule has 0 radical (unpaired) electrons. The molecule has 9 heteroatoms. The Kier molecular flexibility index (Phi) is 5.26. The summed E-state index contributed by atoms with van der Waals surface area (Å²) in [5.41, 5.74) is -1.000. The van der Waals surface area contributed by atoms with Gasteiger partial charge in [0.25, 0.3) is 0 Å². The molecule has 0 aliphatic carbocycles. The van der Waals surface area contributed by atoms with Gasteiger partial charge in [-0.05, 0) is 24.3 Å². The number of phenolic OH excluding ortho intramolecular Hbond substituents is 1.